The number of hydrogen-bond acceptors (Lipinski definition) is 4. The first kappa shape index (κ1) is 18.4. The van der Waals surface area contributed by atoms with Gasteiger partial charge in [0.05, 0.1) is 5.92 Å². The Morgan fingerprint density at radius 3 is 2.67 bits per heavy atom. The van der Waals surface area contributed by atoms with Crippen molar-refractivity contribution < 1.29 is 9.59 Å². The molecular weight excluding hydrogens is 304 g/mol. The molecule has 1 aromatic rings. The highest BCUT2D eigenvalue weighted by Crippen LogP contribution is 2.20. The van der Waals surface area contributed by atoms with Crippen LogP contribution in [0.2, 0.25) is 0 Å². The molecule has 6 nitrogen and oxygen atoms in total. The van der Waals surface area contributed by atoms with E-state index in [0.29, 0.717) is 39.0 Å². The van der Waals surface area contributed by atoms with Gasteiger partial charge in [0, 0.05) is 51.5 Å². The second kappa shape index (κ2) is 8.78. The summed E-state index contributed by atoms with van der Waals surface area (Å²) in [5.41, 5.74) is 1.08. The number of likely N-dealkylation sites (N-methyl/N-ethyl adjacent to an activating group) is 1. The molecule has 0 N–H and O–H groups in total. The molecule has 0 radical (unpaired) electrons. The second-order valence-electron chi connectivity index (χ2n) is 6.59. The Morgan fingerprint density at radius 2 is 2.04 bits per heavy atom. The van der Waals surface area contributed by atoms with Gasteiger partial charge in [-0.3, -0.25) is 14.6 Å². The fraction of sp³-hybridized carbons (Fsp3) is 0.611. The number of carbonyl (C=O) groups is 2. The van der Waals surface area contributed by atoms with E-state index in [0.717, 1.165) is 12.1 Å². The molecule has 0 spiro atoms. The molecule has 132 valence electrons. The minimum Gasteiger partial charge on any atom is -0.341 e. The van der Waals surface area contributed by atoms with E-state index >= 15 is 0 Å². The number of carbonyl (C=O) groups excluding carboxylic acids is 2. The van der Waals surface area contributed by atoms with E-state index in [1.165, 1.54) is 0 Å². The van der Waals surface area contributed by atoms with E-state index < -0.39 is 0 Å². The molecule has 1 aromatic heterocycles. The molecule has 1 aliphatic heterocycles. The number of likely N-dealkylation sites (tertiary alicyclic amines) is 1. The summed E-state index contributed by atoms with van der Waals surface area (Å²) in [6.07, 6.45) is 4.62. The molecule has 1 fully saturated rings. The third kappa shape index (κ3) is 5.03. The summed E-state index contributed by atoms with van der Waals surface area (Å²) in [7, 11) is 3.98. The number of amides is 2. The van der Waals surface area contributed by atoms with Crippen LogP contribution in [0.4, 0.5) is 0 Å². The molecule has 0 bridgehead atoms. The largest absolute Gasteiger partial charge is 0.341 e. The summed E-state index contributed by atoms with van der Waals surface area (Å²) in [5, 5.41) is 0. The van der Waals surface area contributed by atoms with Crippen LogP contribution in [-0.2, 0) is 16.1 Å². The summed E-state index contributed by atoms with van der Waals surface area (Å²) in [5.74, 6) is 0.224. The van der Waals surface area contributed by atoms with Crippen LogP contribution >= 0.6 is 0 Å². The van der Waals surface area contributed by atoms with E-state index in [1.807, 2.05) is 43.0 Å². The highest BCUT2D eigenvalue weighted by Gasteiger charge is 2.32. The first-order valence-corrected chi connectivity index (χ1v) is 8.61. The van der Waals surface area contributed by atoms with Crippen LogP contribution in [0.5, 0.6) is 0 Å². The van der Waals surface area contributed by atoms with Crippen molar-refractivity contribution in [2.75, 3.05) is 40.3 Å². The van der Waals surface area contributed by atoms with Crippen LogP contribution < -0.4 is 0 Å². The molecule has 0 saturated carbocycles. The van der Waals surface area contributed by atoms with Crippen molar-refractivity contribution in [3.63, 3.8) is 0 Å². The van der Waals surface area contributed by atoms with Gasteiger partial charge in [-0.25, -0.2) is 0 Å². The monoisotopic (exact) mass is 332 g/mol. The maximum Gasteiger partial charge on any atom is 0.227 e. The van der Waals surface area contributed by atoms with Crippen molar-refractivity contribution in [2.24, 2.45) is 5.92 Å². The molecule has 1 aliphatic rings. The zero-order chi connectivity index (χ0) is 17.5. The van der Waals surface area contributed by atoms with E-state index in [1.54, 1.807) is 12.4 Å². The van der Waals surface area contributed by atoms with E-state index in [9.17, 15) is 9.59 Å². The van der Waals surface area contributed by atoms with Crippen molar-refractivity contribution in [3.05, 3.63) is 30.1 Å². The first-order chi connectivity index (χ1) is 11.5. The average Bonchev–Trinajstić information content (AvgIpc) is 2.59. The third-order valence-corrected chi connectivity index (χ3v) is 4.48. The highest BCUT2D eigenvalue weighted by molar-refractivity contribution is 5.83. The quantitative estimate of drug-likeness (QED) is 0.754. The fourth-order valence-electron chi connectivity index (χ4n) is 2.97. The van der Waals surface area contributed by atoms with Crippen molar-refractivity contribution in [1.82, 2.24) is 19.7 Å². The normalized spacial score (nSPS) is 18.1. The number of pyridine rings is 1. The molecule has 24 heavy (non-hydrogen) atoms. The lowest BCUT2D eigenvalue weighted by atomic mass is 9.95. The molecule has 0 aliphatic carbocycles. The minimum atomic E-state index is -0.0911. The molecule has 0 aromatic carbocycles. The number of rotatable bonds is 7. The lowest BCUT2D eigenvalue weighted by Crippen LogP contribution is -2.48. The predicted molar refractivity (Wildman–Crippen MR) is 93.2 cm³/mol. The topological polar surface area (TPSA) is 56.8 Å². The highest BCUT2D eigenvalue weighted by atomic mass is 16.2. The molecule has 2 amide bonds. The summed E-state index contributed by atoms with van der Waals surface area (Å²) in [6.45, 7) is 5.31. The minimum absolute atomic E-state index is 0.0911. The molecule has 6 heteroatoms. The van der Waals surface area contributed by atoms with Crippen LogP contribution in [0, 0.1) is 5.92 Å². The lowest BCUT2D eigenvalue weighted by Gasteiger charge is -2.35. The molecule has 1 atom stereocenters. The maximum absolute atomic E-state index is 12.9. The Labute approximate surface area is 144 Å². The van der Waals surface area contributed by atoms with Crippen LogP contribution in [0.3, 0.4) is 0 Å². The Morgan fingerprint density at radius 1 is 1.33 bits per heavy atom. The van der Waals surface area contributed by atoms with E-state index in [2.05, 4.69) is 9.88 Å². The van der Waals surface area contributed by atoms with Gasteiger partial charge in [-0.2, -0.15) is 0 Å². The molecule has 0 unspecified atom stereocenters. The average molecular weight is 332 g/mol. The van der Waals surface area contributed by atoms with Gasteiger partial charge in [0.25, 0.3) is 0 Å². The van der Waals surface area contributed by atoms with Crippen LogP contribution in [0.1, 0.15) is 25.3 Å². The molecule has 2 heterocycles. The van der Waals surface area contributed by atoms with Crippen LogP contribution in [-0.4, -0.2) is 71.8 Å². The standard InChI is InChI=1S/C18H28N4O2/c1-4-21(13-15-7-9-19-10-8-15)18(24)16-5-6-17(23)22(14-16)12-11-20(2)3/h7-10,16H,4-6,11-14H2,1-3H3/t16-/m0/s1. The van der Waals surface area contributed by atoms with Gasteiger partial charge in [-0.05, 0) is 45.1 Å². The van der Waals surface area contributed by atoms with Gasteiger partial charge < -0.3 is 14.7 Å². The Bertz CT molecular complexity index is 547. The van der Waals surface area contributed by atoms with Crippen molar-refractivity contribution in [3.8, 4) is 0 Å². The zero-order valence-corrected chi connectivity index (χ0v) is 14.9. The summed E-state index contributed by atoms with van der Waals surface area (Å²) in [4.78, 5) is 34.8. The maximum atomic E-state index is 12.9. The zero-order valence-electron chi connectivity index (χ0n) is 14.9. The Kier molecular flexibility index (Phi) is 6.73. The third-order valence-electron chi connectivity index (χ3n) is 4.48. The Balaban J connectivity index is 1.97. The van der Waals surface area contributed by atoms with Crippen molar-refractivity contribution in [1.29, 1.82) is 0 Å². The summed E-state index contributed by atoms with van der Waals surface area (Å²) in [6, 6.07) is 3.87. The number of nitrogens with zero attached hydrogens (tertiary/aromatic N) is 4. The Hall–Kier alpha value is -1.95. The lowest BCUT2D eigenvalue weighted by molar-refractivity contribution is -0.143. The van der Waals surface area contributed by atoms with Gasteiger partial charge >= 0.3 is 0 Å². The molecule has 1 saturated heterocycles. The van der Waals surface area contributed by atoms with E-state index in [-0.39, 0.29) is 17.7 Å². The van der Waals surface area contributed by atoms with Crippen LogP contribution in [0.25, 0.3) is 0 Å². The summed E-state index contributed by atoms with van der Waals surface area (Å²) >= 11 is 0. The number of aromatic nitrogens is 1. The SMILES string of the molecule is CCN(Cc1ccncc1)C(=O)[C@H]1CCC(=O)N(CCN(C)C)C1. The smallest absolute Gasteiger partial charge is 0.227 e. The van der Waals surface area contributed by atoms with Gasteiger partial charge in [0.15, 0.2) is 0 Å². The number of piperidine rings is 1. The predicted octanol–water partition coefficient (Wildman–Crippen LogP) is 1.23. The molecule has 2 rings (SSSR count). The van der Waals surface area contributed by atoms with Crippen LogP contribution in [0.15, 0.2) is 24.5 Å². The summed E-state index contributed by atoms with van der Waals surface area (Å²) < 4.78 is 0. The van der Waals surface area contributed by atoms with Gasteiger partial charge in [-0.15, -0.1) is 0 Å². The second-order valence-corrected chi connectivity index (χ2v) is 6.59. The van der Waals surface area contributed by atoms with Crippen molar-refractivity contribution >= 4 is 11.8 Å². The van der Waals surface area contributed by atoms with E-state index in [4.69, 9.17) is 0 Å². The fourth-order valence-corrected chi connectivity index (χ4v) is 2.97. The van der Waals surface area contributed by atoms with Gasteiger partial charge in [0.1, 0.15) is 0 Å². The van der Waals surface area contributed by atoms with Gasteiger partial charge in [0.2, 0.25) is 11.8 Å². The first-order valence-electron chi connectivity index (χ1n) is 8.61. The van der Waals surface area contributed by atoms with Gasteiger partial charge in [-0.1, -0.05) is 0 Å². The van der Waals surface area contributed by atoms with Crippen molar-refractivity contribution in [2.45, 2.75) is 26.3 Å². The number of hydrogen-bond donors (Lipinski definition) is 0. The molecular formula is C18H28N4O2.